The first-order valence-electron chi connectivity index (χ1n) is 6.82. The Balaban J connectivity index is 1.74. The van der Waals surface area contributed by atoms with Gasteiger partial charge in [-0.25, -0.2) is 17.9 Å². The number of carbonyl (C=O) groups is 1. The highest BCUT2D eigenvalue weighted by Gasteiger charge is 2.25. The van der Waals surface area contributed by atoms with Gasteiger partial charge in [0.25, 0.3) is 0 Å². The van der Waals surface area contributed by atoms with Crippen molar-refractivity contribution >= 4 is 27.3 Å². The van der Waals surface area contributed by atoms with Crippen LogP contribution in [0.3, 0.4) is 0 Å². The summed E-state index contributed by atoms with van der Waals surface area (Å²) in [6, 6.07) is 2.93. The number of carbonyl (C=O) groups excluding carboxylic acids is 1. The summed E-state index contributed by atoms with van der Waals surface area (Å²) in [7, 11) is -2.78. The Morgan fingerprint density at radius 1 is 1.36 bits per heavy atom. The molecule has 0 aromatic carbocycles. The van der Waals surface area contributed by atoms with E-state index in [2.05, 4.69) is 24.8 Å². The zero-order valence-electron chi connectivity index (χ0n) is 13.0. The van der Waals surface area contributed by atoms with Gasteiger partial charge in [-0.05, 0) is 18.4 Å². The van der Waals surface area contributed by atoms with Gasteiger partial charge in [-0.2, -0.15) is 4.98 Å². The highest BCUT2D eigenvalue weighted by Crippen LogP contribution is 2.23. The van der Waals surface area contributed by atoms with E-state index in [-0.39, 0.29) is 28.0 Å². The Labute approximate surface area is 145 Å². The van der Waals surface area contributed by atoms with Gasteiger partial charge in [0.1, 0.15) is 15.5 Å². The van der Waals surface area contributed by atoms with Gasteiger partial charge >= 0.3 is 5.97 Å². The summed E-state index contributed by atoms with van der Waals surface area (Å²) in [5, 5.41) is 8.93. The molecule has 3 rings (SSSR count). The van der Waals surface area contributed by atoms with Crippen molar-refractivity contribution in [1.82, 2.24) is 20.0 Å². The summed E-state index contributed by atoms with van der Waals surface area (Å²) in [5.41, 5.74) is 0.376. The summed E-state index contributed by atoms with van der Waals surface area (Å²) in [6.07, 6.45) is 0. The Morgan fingerprint density at radius 3 is 2.84 bits per heavy atom. The number of nitrogens with zero attached hydrogens (tertiary/aromatic N) is 3. The minimum absolute atomic E-state index is 0.0145. The third-order valence-electron chi connectivity index (χ3n) is 3.03. The van der Waals surface area contributed by atoms with Crippen molar-refractivity contribution in [3.63, 3.8) is 0 Å². The zero-order chi connectivity index (χ0) is 18.0. The molecule has 0 aliphatic rings. The lowest BCUT2D eigenvalue weighted by Gasteiger charge is -2.04. The number of sulfonamides is 1. The van der Waals surface area contributed by atoms with E-state index in [1.165, 1.54) is 18.6 Å². The van der Waals surface area contributed by atoms with Crippen LogP contribution in [0.5, 0.6) is 0 Å². The Hall–Kier alpha value is -2.57. The topological polar surface area (TPSA) is 137 Å². The molecule has 132 valence electrons. The average molecular weight is 384 g/mol. The summed E-state index contributed by atoms with van der Waals surface area (Å²) >= 11 is 0.971. The first-order chi connectivity index (χ1) is 11.9. The molecule has 0 aliphatic carbocycles. The Kier molecular flexibility index (Phi) is 4.65. The highest BCUT2D eigenvalue weighted by molar-refractivity contribution is 7.89. The van der Waals surface area contributed by atoms with E-state index < -0.39 is 16.0 Å². The van der Waals surface area contributed by atoms with Crippen LogP contribution >= 0.6 is 11.3 Å². The molecule has 0 aliphatic heterocycles. The number of ether oxygens (including phenoxy) is 1. The van der Waals surface area contributed by atoms with Crippen molar-refractivity contribution in [2.45, 2.75) is 18.4 Å². The predicted molar refractivity (Wildman–Crippen MR) is 84.2 cm³/mol. The van der Waals surface area contributed by atoms with E-state index in [1.807, 2.05) is 0 Å². The van der Waals surface area contributed by atoms with Gasteiger partial charge < -0.3 is 13.8 Å². The lowest BCUT2D eigenvalue weighted by Crippen LogP contribution is -2.24. The van der Waals surface area contributed by atoms with Crippen LogP contribution in [0.25, 0.3) is 11.5 Å². The first kappa shape index (κ1) is 17.3. The van der Waals surface area contributed by atoms with E-state index in [9.17, 15) is 13.2 Å². The minimum Gasteiger partial charge on any atom is -0.465 e. The number of hydrogen-bond donors (Lipinski definition) is 1. The Morgan fingerprint density at radius 2 is 2.16 bits per heavy atom. The smallest absolute Gasteiger partial charge is 0.349 e. The lowest BCUT2D eigenvalue weighted by atomic mass is 10.4. The monoisotopic (exact) mass is 384 g/mol. The molecule has 1 N–H and O–H groups in total. The third-order valence-corrected chi connectivity index (χ3v) is 5.50. The van der Waals surface area contributed by atoms with E-state index in [1.54, 1.807) is 13.0 Å². The number of methoxy groups -OCH3 is 1. The van der Waals surface area contributed by atoms with Gasteiger partial charge in [0.2, 0.25) is 21.7 Å². The average Bonchev–Trinajstić information content (AvgIpc) is 3.32. The molecule has 12 heteroatoms. The second-order valence-corrected chi connectivity index (χ2v) is 7.42. The quantitative estimate of drug-likeness (QED) is 0.624. The molecule has 0 amide bonds. The van der Waals surface area contributed by atoms with Crippen LogP contribution in [-0.2, 0) is 21.3 Å². The summed E-state index contributed by atoms with van der Waals surface area (Å²) < 4.78 is 41.5. The number of thiophene rings is 1. The summed E-state index contributed by atoms with van der Waals surface area (Å²) in [6.45, 7) is 1.47. The number of esters is 1. The molecule has 3 aromatic rings. The molecular weight excluding hydrogens is 372 g/mol. The fourth-order valence-electron chi connectivity index (χ4n) is 1.89. The molecule has 0 bridgehead atoms. The fraction of sp³-hybridized carbons (Fsp3) is 0.231. The Bertz CT molecular complexity index is 1000. The van der Waals surface area contributed by atoms with Gasteiger partial charge in [-0.1, -0.05) is 10.3 Å². The SMILES string of the molecule is COC(=O)c1sccc1S(=O)(=O)NCc1nc(-c2cc(C)on2)no1. The molecule has 0 unspecified atom stereocenters. The highest BCUT2D eigenvalue weighted by atomic mass is 32.2. The summed E-state index contributed by atoms with van der Waals surface area (Å²) in [5.74, 6) is 0.0672. The minimum atomic E-state index is -3.95. The van der Waals surface area contributed by atoms with E-state index in [0.717, 1.165) is 11.3 Å². The van der Waals surface area contributed by atoms with Crippen molar-refractivity contribution in [3.05, 3.63) is 34.0 Å². The number of aromatic nitrogens is 3. The van der Waals surface area contributed by atoms with E-state index in [0.29, 0.717) is 11.5 Å². The van der Waals surface area contributed by atoms with Gasteiger partial charge in [-0.15, -0.1) is 11.3 Å². The van der Waals surface area contributed by atoms with Crippen molar-refractivity contribution < 1.29 is 27.0 Å². The molecule has 0 fully saturated rings. The van der Waals surface area contributed by atoms with Crippen molar-refractivity contribution in [1.29, 1.82) is 0 Å². The van der Waals surface area contributed by atoms with E-state index >= 15 is 0 Å². The molecular formula is C13H12N4O6S2. The predicted octanol–water partition coefficient (Wildman–Crippen LogP) is 1.36. The standard InChI is InChI=1S/C13H12N4O6S2/c1-7-5-8(16-22-7)12-15-10(23-17-12)6-14-25(19,20)9-3-4-24-11(9)13(18)21-2/h3-5,14H,6H2,1-2H3. The van der Waals surface area contributed by atoms with Crippen LogP contribution in [0, 0.1) is 6.92 Å². The second-order valence-electron chi connectivity index (χ2n) is 4.76. The maximum Gasteiger partial charge on any atom is 0.349 e. The molecule has 0 atom stereocenters. The molecule has 0 saturated carbocycles. The molecule has 25 heavy (non-hydrogen) atoms. The molecule has 10 nitrogen and oxygen atoms in total. The maximum atomic E-state index is 12.4. The van der Waals surface area contributed by atoms with Crippen molar-refractivity contribution in [2.75, 3.05) is 7.11 Å². The van der Waals surface area contributed by atoms with E-state index in [4.69, 9.17) is 9.05 Å². The third kappa shape index (κ3) is 3.60. The van der Waals surface area contributed by atoms with Crippen LogP contribution in [0.1, 0.15) is 21.3 Å². The number of hydrogen-bond acceptors (Lipinski definition) is 10. The number of nitrogens with one attached hydrogen (secondary N) is 1. The van der Waals surface area contributed by atoms with Crippen LogP contribution in [0.4, 0.5) is 0 Å². The zero-order valence-corrected chi connectivity index (χ0v) is 14.7. The van der Waals surface area contributed by atoms with Gasteiger partial charge in [0, 0.05) is 6.07 Å². The molecule has 0 spiro atoms. The van der Waals surface area contributed by atoms with Crippen LogP contribution in [0.15, 0.2) is 31.5 Å². The molecule has 3 heterocycles. The van der Waals surface area contributed by atoms with Gasteiger partial charge in [-0.3, -0.25) is 0 Å². The molecule has 0 radical (unpaired) electrons. The molecule has 3 aromatic heterocycles. The fourth-order valence-corrected chi connectivity index (χ4v) is 4.19. The van der Waals surface area contributed by atoms with Gasteiger partial charge in [0.15, 0.2) is 5.69 Å². The second kappa shape index (κ2) is 6.74. The summed E-state index contributed by atoms with van der Waals surface area (Å²) in [4.78, 5) is 15.5. The lowest BCUT2D eigenvalue weighted by molar-refractivity contribution is 0.0602. The largest absolute Gasteiger partial charge is 0.465 e. The first-order valence-corrected chi connectivity index (χ1v) is 9.19. The van der Waals surface area contributed by atoms with Crippen LogP contribution in [0.2, 0.25) is 0 Å². The maximum absolute atomic E-state index is 12.4. The number of rotatable bonds is 6. The molecule has 0 saturated heterocycles. The number of aryl methyl sites for hydroxylation is 1. The van der Waals surface area contributed by atoms with Gasteiger partial charge in [0.05, 0.1) is 13.7 Å². The van der Waals surface area contributed by atoms with Crippen molar-refractivity contribution in [3.8, 4) is 11.5 Å². The van der Waals surface area contributed by atoms with Crippen LogP contribution < -0.4 is 4.72 Å². The normalized spacial score (nSPS) is 11.6. The van der Waals surface area contributed by atoms with Crippen LogP contribution in [-0.4, -0.2) is 36.8 Å². The van der Waals surface area contributed by atoms with Crippen molar-refractivity contribution in [2.24, 2.45) is 0 Å².